The van der Waals surface area contributed by atoms with E-state index in [0.717, 1.165) is 5.56 Å². The highest BCUT2D eigenvalue weighted by Crippen LogP contribution is 2.19. The second-order valence-electron chi connectivity index (χ2n) is 4.48. The number of hydrogen-bond acceptors (Lipinski definition) is 4. The summed E-state index contributed by atoms with van der Waals surface area (Å²) in [6.07, 6.45) is 0. The lowest BCUT2D eigenvalue weighted by Gasteiger charge is -2.21. The zero-order valence-electron chi connectivity index (χ0n) is 11.8. The van der Waals surface area contributed by atoms with Crippen LogP contribution < -0.4 is 11.1 Å². The third-order valence-corrected chi connectivity index (χ3v) is 3.05. The van der Waals surface area contributed by atoms with Gasteiger partial charge >= 0.3 is 5.97 Å². The van der Waals surface area contributed by atoms with Crippen molar-refractivity contribution >= 4 is 24.3 Å². The maximum absolute atomic E-state index is 12.0. The number of nitrogens with one attached hydrogen (secondary N) is 1. The van der Waals surface area contributed by atoms with Crippen LogP contribution in [0.5, 0.6) is 0 Å². The third kappa shape index (κ3) is 4.83. The molecule has 1 aromatic carbocycles. The summed E-state index contributed by atoms with van der Waals surface area (Å²) in [4.78, 5) is 23.2. The smallest absolute Gasteiger partial charge is 0.328 e. The van der Waals surface area contributed by atoms with Crippen molar-refractivity contribution in [3.05, 3.63) is 35.9 Å². The molecule has 0 radical (unpaired) electrons. The van der Waals surface area contributed by atoms with Gasteiger partial charge in [-0.2, -0.15) is 0 Å². The fraction of sp³-hybridized carbons (Fsp3) is 0.429. The molecule has 0 aliphatic heterocycles. The van der Waals surface area contributed by atoms with Crippen LogP contribution in [0.15, 0.2) is 30.3 Å². The highest BCUT2D eigenvalue weighted by Gasteiger charge is 2.25. The second kappa shape index (κ2) is 8.55. The van der Waals surface area contributed by atoms with Gasteiger partial charge in [-0.3, -0.25) is 4.79 Å². The highest BCUT2D eigenvalue weighted by atomic mass is 35.5. The fourth-order valence-corrected chi connectivity index (χ4v) is 1.71. The van der Waals surface area contributed by atoms with Gasteiger partial charge in [0.15, 0.2) is 0 Å². The number of methoxy groups -OCH3 is 1. The van der Waals surface area contributed by atoms with Gasteiger partial charge in [-0.05, 0) is 12.5 Å². The maximum atomic E-state index is 12.0. The van der Waals surface area contributed by atoms with Crippen LogP contribution in [0.1, 0.15) is 25.5 Å². The van der Waals surface area contributed by atoms with Crippen molar-refractivity contribution in [1.29, 1.82) is 0 Å². The topological polar surface area (TPSA) is 81.4 Å². The minimum Gasteiger partial charge on any atom is -0.467 e. The zero-order chi connectivity index (χ0) is 14.4. The summed E-state index contributed by atoms with van der Waals surface area (Å²) in [7, 11) is 1.28. The predicted molar refractivity (Wildman–Crippen MR) is 79.4 cm³/mol. The number of nitrogens with two attached hydrogens (primary N) is 1. The van der Waals surface area contributed by atoms with E-state index in [0.29, 0.717) is 0 Å². The minimum absolute atomic E-state index is 0. The summed E-state index contributed by atoms with van der Waals surface area (Å²) >= 11 is 0. The number of rotatable bonds is 5. The van der Waals surface area contributed by atoms with Crippen molar-refractivity contribution in [2.45, 2.75) is 25.9 Å². The molecule has 0 aliphatic carbocycles. The molecule has 20 heavy (non-hydrogen) atoms. The lowest BCUT2D eigenvalue weighted by molar-refractivity contribution is -0.145. The van der Waals surface area contributed by atoms with Gasteiger partial charge in [-0.15, -0.1) is 12.4 Å². The summed E-state index contributed by atoms with van der Waals surface area (Å²) in [5.74, 6) is -1.18. The molecular formula is C14H21ClN2O3. The third-order valence-electron chi connectivity index (χ3n) is 3.05. The van der Waals surface area contributed by atoms with Gasteiger partial charge in [0.05, 0.1) is 13.0 Å². The summed E-state index contributed by atoms with van der Waals surface area (Å²) < 4.78 is 4.55. The molecule has 0 saturated heterocycles. The molecular weight excluding hydrogens is 280 g/mol. The van der Waals surface area contributed by atoms with E-state index in [2.05, 4.69) is 10.1 Å². The van der Waals surface area contributed by atoms with Gasteiger partial charge in [0.1, 0.15) is 6.04 Å². The normalized spacial score (nSPS) is 14.4. The molecule has 2 unspecified atom stereocenters. The predicted octanol–water partition coefficient (Wildman–Crippen LogP) is 1.42. The zero-order valence-corrected chi connectivity index (χ0v) is 12.6. The van der Waals surface area contributed by atoms with Crippen molar-refractivity contribution in [3.63, 3.8) is 0 Å². The number of halogens is 1. The highest BCUT2D eigenvalue weighted by molar-refractivity contribution is 5.86. The van der Waals surface area contributed by atoms with Crippen molar-refractivity contribution in [3.8, 4) is 0 Å². The van der Waals surface area contributed by atoms with Gasteiger partial charge in [-0.1, -0.05) is 37.3 Å². The fourth-order valence-electron chi connectivity index (χ4n) is 1.71. The van der Waals surface area contributed by atoms with E-state index in [1.165, 1.54) is 7.11 Å². The van der Waals surface area contributed by atoms with Crippen molar-refractivity contribution in [2.24, 2.45) is 11.7 Å². The Morgan fingerprint density at radius 2 is 1.75 bits per heavy atom. The molecule has 0 fully saturated rings. The van der Waals surface area contributed by atoms with E-state index in [4.69, 9.17) is 5.73 Å². The number of amides is 1. The number of benzene rings is 1. The molecule has 0 heterocycles. The molecule has 112 valence electrons. The van der Waals surface area contributed by atoms with E-state index in [1.807, 2.05) is 30.3 Å². The number of esters is 1. The molecule has 3 N–H and O–H groups in total. The first-order valence-electron chi connectivity index (χ1n) is 6.16. The SMILES string of the molecule is COC(=O)[C@@H](C)NC(=O)C(C)C(N)c1ccccc1.Cl. The average Bonchev–Trinajstić information content (AvgIpc) is 2.45. The van der Waals surface area contributed by atoms with E-state index in [1.54, 1.807) is 13.8 Å². The standard InChI is InChI=1S/C14H20N2O3.ClH/c1-9(12(15)11-7-5-4-6-8-11)13(17)16-10(2)14(18)19-3;/h4-10,12H,15H2,1-3H3,(H,16,17);1H/t9?,10-,12?;/m1./s1. The van der Waals surface area contributed by atoms with Crippen LogP contribution in [-0.2, 0) is 14.3 Å². The van der Waals surface area contributed by atoms with E-state index in [-0.39, 0.29) is 18.3 Å². The average molecular weight is 301 g/mol. The summed E-state index contributed by atoms with van der Waals surface area (Å²) in [6.45, 7) is 3.31. The molecule has 0 spiro atoms. The number of carbonyl (C=O) groups excluding carboxylic acids is 2. The molecule has 0 aromatic heterocycles. The Balaban J connectivity index is 0.00000361. The van der Waals surface area contributed by atoms with Gasteiger partial charge < -0.3 is 15.8 Å². The molecule has 0 aliphatic rings. The molecule has 6 heteroatoms. The van der Waals surface area contributed by atoms with Crippen LogP contribution in [0, 0.1) is 5.92 Å². The summed E-state index contributed by atoms with van der Waals surface area (Å²) in [6, 6.07) is 8.29. The van der Waals surface area contributed by atoms with Crippen LogP contribution >= 0.6 is 12.4 Å². The van der Waals surface area contributed by atoms with E-state index >= 15 is 0 Å². The first kappa shape index (κ1) is 18.4. The summed E-state index contributed by atoms with van der Waals surface area (Å²) in [5, 5.41) is 2.59. The molecule has 3 atom stereocenters. The molecule has 1 amide bonds. The Morgan fingerprint density at radius 3 is 2.25 bits per heavy atom. The Morgan fingerprint density at radius 1 is 1.20 bits per heavy atom. The Labute approximate surface area is 125 Å². The molecule has 0 saturated carbocycles. The van der Waals surface area contributed by atoms with Gasteiger partial charge in [0.25, 0.3) is 0 Å². The van der Waals surface area contributed by atoms with Crippen molar-refractivity contribution in [1.82, 2.24) is 5.32 Å². The van der Waals surface area contributed by atoms with Gasteiger partial charge in [0, 0.05) is 6.04 Å². The Hall–Kier alpha value is -1.59. The number of ether oxygens (including phenoxy) is 1. The number of hydrogen-bond donors (Lipinski definition) is 2. The monoisotopic (exact) mass is 300 g/mol. The lowest BCUT2D eigenvalue weighted by Crippen LogP contribution is -2.44. The summed E-state index contributed by atoms with van der Waals surface area (Å²) in [5.41, 5.74) is 6.93. The van der Waals surface area contributed by atoms with E-state index < -0.39 is 24.0 Å². The van der Waals surface area contributed by atoms with E-state index in [9.17, 15) is 9.59 Å². The van der Waals surface area contributed by atoms with Crippen LogP contribution in [0.3, 0.4) is 0 Å². The second-order valence-corrected chi connectivity index (χ2v) is 4.48. The quantitative estimate of drug-likeness (QED) is 0.806. The van der Waals surface area contributed by atoms with Crippen LogP contribution in [0.4, 0.5) is 0 Å². The Bertz CT molecular complexity index is 439. The largest absolute Gasteiger partial charge is 0.467 e. The Kier molecular flexibility index (Phi) is 7.87. The minimum atomic E-state index is -0.678. The molecule has 0 bridgehead atoms. The maximum Gasteiger partial charge on any atom is 0.328 e. The molecule has 1 aromatic rings. The van der Waals surface area contributed by atoms with Crippen molar-refractivity contribution in [2.75, 3.05) is 7.11 Å². The number of carbonyl (C=O) groups is 2. The van der Waals surface area contributed by atoms with Gasteiger partial charge in [0.2, 0.25) is 5.91 Å². The van der Waals surface area contributed by atoms with Crippen LogP contribution in [0.2, 0.25) is 0 Å². The molecule has 1 rings (SSSR count). The first-order chi connectivity index (χ1) is 8.97. The van der Waals surface area contributed by atoms with Crippen molar-refractivity contribution < 1.29 is 14.3 Å². The van der Waals surface area contributed by atoms with Crippen LogP contribution in [-0.4, -0.2) is 25.0 Å². The molecule has 5 nitrogen and oxygen atoms in total. The lowest BCUT2D eigenvalue weighted by atomic mass is 9.94. The first-order valence-corrected chi connectivity index (χ1v) is 6.16. The van der Waals surface area contributed by atoms with Crippen LogP contribution in [0.25, 0.3) is 0 Å². The van der Waals surface area contributed by atoms with Gasteiger partial charge in [-0.25, -0.2) is 4.79 Å².